The molecule has 4 rings (SSSR count). The Morgan fingerprint density at radius 2 is 1.69 bits per heavy atom. The average Bonchev–Trinajstić information content (AvgIpc) is 3.33. The number of carbonyl (C=O) groups excluding carboxylic acids is 1. The minimum Gasteiger partial charge on any atom is -0.490 e. The smallest absolute Gasteiger partial charge is 0.268 e. The number of nitrogens with one attached hydrogen (secondary N) is 1. The number of anilines is 1. The molecule has 1 aromatic heterocycles. The molecule has 0 aliphatic rings. The highest BCUT2D eigenvalue weighted by molar-refractivity contribution is 7.15. The molecule has 7 nitrogen and oxygen atoms in total. The predicted molar refractivity (Wildman–Crippen MR) is 140 cm³/mol. The summed E-state index contributed by atoms with van der Waals surface area (Å²) >= 11 is 1.28. The van der Waals surface area contributed by atoms with Crippen LogP contribution in [0.15, 0.2) is 84.4 Å². The molecule has 1 heterocycles. The highest BCUT2D eigenvalue weighted by atomic mass is 32.1. The lowest BCUT2D eigenvalue weighted by atomic mass is 10.1. The molecule has 0 atom stereocenters. The zero-order chi connectivity index (χ0) is 25.2. The van der Waals surface area contributed by atoms with Crippen molar-refractivity contribution in [2.75, 3.05) is 18.5 Å². The van der Waals surface area contributed by atoms with E-state index in [9.17, 15) is 10.1 Å². The van der Waals surface area contributed by atoms with Crippen LogP contribution in [0.25, 0.3) is 6.08 Å². The first-order valence-electron chi connectivity index (χ1n) is 11.3. The van der Waals surface area contributed by atoms with Crippen LogP contribution in [-0.4, -0.2) is 29.3 Å². The number of benzene rings is 3. The quantitative estimate of drug-likeness (QED) is 0.178. The molecule has 180 valence electrons. The maximum atomic E-state index is 12.6. The molecule has 0 radical (unpaired) electrons. The van der Waals surface area contributed by atoms with Crippen LogP contribution in [-0.2, 0) is 11.2 Å². The van der Waals surface area contributed by atoms with Gasteiger partial charge in [0.05, 0.1) is 0 Å². The second kappa shape index (κ2) is 12.3. The van der Waals surface area contributed by atoms with E-state index in [1.807, 2.05) is 67.6 Å². The van der Waals surface area contributed by atoms with Crippen molar-refractivity contribution >= 4 is 28.5 Å². The van der Waals surface area contributed by atoms with E-state index in [1.54, 1.807) is 24.3 Å². The van der Waals surface area contributed by atoms with Crippen molar-refractivity contribution < 1.29 is 14.3 Å². The minimum atomic E-state index is -0.534. The molecule has 0 aliphatic carbocycles. The summed E-state index contributed by atoms with van der Waals surface area (Å²) in [6.07, 6.45) is 2.15. The Bertz CT molecular complexity index is 1380. The van der Waals surface area contributed by atoms with Crippen LogP contribution in [0.2, 0.25) is 0 Å². The van der Waals surface area contributed by atoms with Gasteiger partial charge in [0, 0.05) is 6.42 Å². The molecule has 0 spiro atoms. The average molecular weight is 497 g/mol. The zero-order valence-corrected chi connectivity index (χ0v) is 20.5. The summed E-state index contributed by atoms with van der Waals surface area (Å²) in [5.41, 5.74) is 2.85. The molecular formula is C28H24N4O3S. The third-order valence-corrected chi connectivity index (χ3v) is 5.98. The van der Waals surface area contributed by atoms with Crippen molar-refractivity contribution in [2.45, 2.75) is 13.3 Å². The molecule has 0 bridgehead atoms. The third-order valence-electron chi connectivity index (χ3n) is 5.14. The van der Waals surface area contributed by atoms with Crippen molar-refractivity contribution in [1.82, 2.24) is 10.2 Å². The number of hydrogen-bond donors (Lipinski definition) is 1. The summed E-state index contributed by atoms with van der Waals surface area (Å²) in [6, 6.07) is 26.8. The van der Waals surface area contributed by atoms with E-state index in [2.05, 4.69) is 15.5 Å². The fourth-order valence-electron chi connectivity index (χ4n) is 3.32. The third kappa shape index (κ3) is 7.01. The highest BCUT2D eigenvalue weighted by Crippen LogP contribution is 2.20. The van der Waals surface area contributed by atoms with Crippen LogP contribution in [0, 0.1) is 18.3 Å². The van der Waals surface area contributed by atoms with Crippen LogP contribution in [0.5, 0.6) is 11.5 Å². The SMILES string of the molecule is Cc1ccccc1OCCOc1ccc(/C=C(/C#N)C(=O)Nc2nnc(Cc3ccccc3)s2)cc1. The summed E-state index contributed by atoms with van der Waals surface area (Å²) < 4.78 is 11.5. The monoisotopic (exact) mass is 496 g/mol. The fraction of sp³-hybridized carbons (Fsp3) is 0.143. The zero-order valence-electron chi connectivity index (χ0n) is 19.7. The van der Waals surface area contributed by atoms with Gasteiger partial charge < -0.3 is 9.47 Å². The molecule has 0 saturated heterocycles. The lowest BCUT2D eigenvalue weighted by molar-refractivity contribution is -0.112. The van der Waals surface area contributed by atoms with Crippen molar-refractivity contribution in [3.8, 4) is 17.6 Å². The number of aromatic nitrogens is 2. The molecule has 1 N–H and O–H groups in total. The minimum absolute atomic E-state index is 0.0323. The second-order valence-corrected chi connectivity index (χ2v) is 8.88. The van der Waals surface area contributed by atoms with E-state index in [1.165, 1.54) is 17.4 Å². The Kier molecular flexibility index (Phi) is 8.41. The number of hydrogen-bond acceptors (Lipinski definition) is 7. The van der Waals surface area contributed by atoms with Gasteiger partial charge in [0.1, 0.15) is 41.4 Å². The highest BCUT2D eigenvalue weighted by Gasteiger charge is 2.13. The number of ether oxygens (including phenoxy) is 2. The Labute approximate surface area is 213 Å². The lowest BCUT2D eigenvalue weighted by Crippen LogP contribution is -2.13. The van der Waals surface area contributed by atoms with Crippen LogP contribution in [0.3, 0.4) is 0 Å². The van der Waals surface area contributed by atoms with Gasteiger partial charge in [-0.2, -0.15) is 5.26 Å². The van der Waals surface area contributed by atoms with Crippen LogP contribution >= 0.6 is 11.3 Å². The molecular weight excluding hydrogens is 472 g/mol. The van der Waals surface area contributed by atoms with Crippen LogP contribution in [0.1, 0.15) is 21.7 Å². The maximum Gasteiger partial charge on any atom is 0.268 e. The summed E-state index contributed by atoms with van der Waals surface area (Å²) in [6.45, 7) is 2.81. The largest absolute Gasteiger partial charge is 0.490 e. The number of nitrogens with zero attached hydrogens (tertiary/aromatic N) is 3. The van der Waals surface area contributed by atoms with Crippen molar-refractivity contribution in [1.29, 1.82) is 5.26 Å². The molecule has 3 aromatic carbocycles. The number of carbonyl (C=O) groups is 1. The Morgan fingerprint density at radius 3 is 2.44 bits per heavy atom. The molecule has 0 unspecified atom stereocenters. The van der Waals surface area contributed by atoms with Gasteiger partial charge in [0.15, 0.2) is 0 Å². The van der Waals surface area contributed by atoms with Crippen LogP contribution < -0.4 is 14.8 Å². The number of aryl methyl sites for hydroxylation is 1. The van der Waals surface area contributed by atoms with E-state index in [0.717, 1.165) is 21.9 Å². The topological polar surface area (TPSA) is 97.1 Å². The van der Waals surface area contributed by atoms with Gasteiger partial charge in [-0.25, -0.2) is 0 Å². The number of amides is 1. The van der Waals surface area contributed by atoms with Gasteiger partial charge in [0.25, 0.3) is 5.91 Å². The molecule has 1 amide bonds. The Hall–Kier alpha value is -4.48. The van der Waals surface area contributed by atoms with E-state index < -0.39 is 5.91 Å². The maximum absolute atomic E-state index is 12.6. The Morgan fingerprint density at radius 1 is 0.972 bits per heavy atom. The fourth-order valence-corrected chi connectivity index (χ4v) is 4.08. The standard InChI is InChI=1S/C28H24N4O3S/c1-20-7-5-6-10-25(20)35-16-15-34-24-13-11-22(12-14-24)17-23(19-29)27(33)30-28-32-31-26(36-28)18-21-8-3-2-4-9-21/h2-14,17H,15-16,18H2,1H3,(H,30,32,33)/b23-17-. The molecule has 36 heavy (non-hydrogen) atoms. The number of nitriles is 1. The first kappa shape index (κ1) is 24.6. The van der Waals surface area contributed by atoms with E-state index in [4.69, 9.17) is 9.47 Å². The normalized spacial score (nSPS) is 10.9. The van der Waals surface area contributed by atoms with Gasteiger partial charge in [-0.15, -0.1) is 10.2 Å². The van der Waals surface area contributed by atoms with Gasteiger partial charge >= 0.3 is 0 Å². The van der Waals surface area contributed by atoms with Crippen molar-refractivity contribution in [3.05, 3.63) is 106 Å². The number of para-hydroxylation sites is 1. The predicted octanol–water partition coefficient (Wildman–Crippen LogP) is 5.44. The second-order valence-electron chi connectivity index (χ2n) is 7.82. The van der Waals surface area contributed by atoms with Gasteiger partial charge in [-0.3, -0.25) is 10.1 Å². The number of rotatable bonds is 10. The van der Waals surface area contributed by atoms with Crippen molar-refractivity contribution in [2.24, 2.45) is 0 Å². The Balaban J connectivity index is 1.29. The van der Waals surface area contributed by atoms with Gasteiger partial charge in [0.2, 0.25) is 5.13 Å². The van der Waals surface area contributed by atoms with E-state index >= 15 is 0 Å². The molecule has 0 aliphatic heterocycles. The lowest BCUT2D eigenvalue weighted by Gasteiger charge is -2.10. The van der Waals surface area contributed by atoms with Gasteiger partial charge in [-0.1, -0.05) is 72.0 Å². The molecule has 8 heteroatoms. The molecule has 4 aromatic rings. The van der Waals surface area contributed by atoms with Crippen molar-refractivity contribution in [3.63, 3.8) is 0 Å². The summed E-state index contributed by atoms with van der Waals surface area (Å²) in [5.74, 6) is 0.974. The van der Waals surface area contributed by atoms with Gasteiger partial charge in [-0.05, 0) is 47.9 Å². The molecule has 0 saturated carbocycles. The van der Waals surface area contributed by atoms with Crippen LogP contribution in [0.4, 0.5) is 5.13 Å². The first-order chi connectivity index (χ1) is 17.6. The molecule has 0 fully saturated rings. The van der Waals surface area contributed by atoms with E-state index in [0.29, 0.717) is 36.1 Å². The summed E-state index contributed by atoms with van der Waals surface area (Å²) in [4.78, 5) is 12.6. The van der Waals surface area contributed by atoms with E-state index in [-0.39, 0.29) is 5.57 Å². The first-order valence-corrected chi connectivity index (χ1v) is 12.1. The summed E-state index contributed by atoms with van der Waals surface area (Å²) in [5, 5.41) is 21.4. The summed E-state index contributed by atoms with van der Waals surface area (Å²) in [7, 11) is 0.